The molecule has 0 N–H and O–H groups in total. The SMILES string of the molecule is Cc1noc(CCC(=O)N2CCCC[C@H]2c2nc(C)c3c(n2)N(CC(C)C)C(=O)CC3)n1. The van der Waals surface area contributed by atoms with E-state index in [9.17, 15) is 9.59 Å². The van der Waals surface area contributed by atoms with Gasteiger partial charge < -0.3 is 9.42 Å². The van der Waals surface area contributed by atoms with Gasteiger partial charge in [0.15, 0.2) is 11.6 Å². The fourth-order valence-electron chi connectivity index (χ4n) is 4.60. The first-order valence-electron chi connectivity index (χ1n) is 11.6. The molecule has 0 unspecified atom stereocenters. The van der Waals surface area contributed by atoms with E-state index < -0.39 is 0 Å². The summed E-state index contributed by atoms with van der Waals surface area (Å²) in [5, 5.41) is 3.79. The van der Waals surface area contributed by atoms with Crippen molar-refractivity contribution in [2.45, 2.75) is 78.7 Å². The second kappa shape index (κ2) is 9.34. The number of carbonyl (C=O) groups is 2. The Bertz CT molecular complexity index is 1000. The van der Waals surface area contributed by atoms with Crippen LogP contribution in [0.15, 0.2) is 4.52 Å². The maximum atomic E-state index is 13.1. The Labute approximate surface area is 188 Å². The van der Waals surface area contributed by atoms with Crippen molar-refractivity contribution < 1.29 is 14.1 Å². The molecule has 0 bridgehead atoms. The summed E-state index contributed by atoms with van der Waals surface area (Å²) in [5.41, 5.74) is 1.96. The lowest BCUT2D eigenvalue weighted by molar-refractivity contribution is -0.135. The summed E-state index contributed by atoms with van der Waals surface area (Å²) < 4.78 is 5.15. The molecule has 9 nitrogen and oxygen atoms in total. The minimum atomic E-state index is -0.178. The smallest absolute Gasteiger partial charge is 0.228 e. The molecule has 9 heteroatoms. The third-order valence-electron chi connectivity index (χ3n) is 6.15. The molecule has 32 heavy (non-hydrogen) atoms. The first-order chi connectivity index (χ1) is 15.3. The zero-order valence-corrected chi connectivity index (χ0v) is 19.4. The molecule has 1 atom stereocenters. The number of fused-ring (bicyclic) bond motifs is 1. The summed E-state index contributed by atoms with van der Waals surface area (Å²) in [7, 11) is 0. The Kier molecular flexibility index (Phi) is 6.53. The van der Waals surface area contributed by atoms with Gasteiger partial charge in [0.1, 0.15) is 5.82 Å². The summed E-state index contributed by atoms with van der Waals surface area (Å²) >= 11 is 0. The average Bonchev–Trinajstić information content (AvgIpc) is 3.19. The molecule has 0 saturated carbocycles. The van der Waals surface area contributed by atoms with Crippen LogP contribution >= 0.6 is 0 Å². The second-order valence-electron chi connectivity index (χ2n) is 9.20. The highest BCUT2D eigenvalue weighted by Crippen LogP contribution is 2.34. The van der Waals surface area contributed by atoms with Gasteiger partial charge in [-0.25, -0.2) is 9.97 Å². The van der Waals surface area contributed by atoms with Gasteiger partial charge in [-0.1, -0.05) is 19.0 Å². The van der Waals surface area contributed by atoms with Crippen molar-refractivity contribution in [2.24, 2.45) is 5.92 Å². The summed E-state index contributed by atoms with van der Waals surface area (Å²) in [5.74, 6) is 2.92. The van der Waals surface area contributed by atoms with E-state index in [0.717, 1.165) is 36.3 Å². The molecule has 2 aromatic heterocycles. The maximum absolute atomic E-state index is 13.1. The van der Waals surface area contributed by atoms with Crippen molar-refractivity contribution in [3.8, 4) is 0 Å². The van der Waals surface area contributed by atoms with Crippen LogP contribution in [0.5, 0.6) is 0 Å². The van der Waals surface area contributed by atoms with E-state index in [2.05, 4.69) is 24.0 Å². The molecule has 2 amide bonds. The normalized spacial score (nSPS) is 18.9. The predicted octanol–water partition coefficient (Wildman–Crippen LogP) is 3.10. The Balaban J connectivity index is 1.59. The number of aryl methyl sites for hydroxylation is 3. The first kappa shape index (κ1) is 22.4. The lowest BCUT2D eigenvalue weighted by Gasteiger charge is -2.36. The lowest BCUT2D eigenvalue weighted by Crippen LogP contribution is -2.41. The quantitative estimate of drug-likeness (QED) is 0.679. The van der Waals surface area contributed by atoms with E-state index in [1.165, 1.54) is 0 Å². The molecule has 0 aliphatic carbocycles. The Morgan fingerprint density at radius 1 is 1.16 bits per heavy atom. The monoisotopic (exact) mass is 440 g/mol. The van der Waals surface area contributed by atoms with E-state index in [0.29, 0.717) is 62.2 Å². The van der Waals surface area contributed by atoms with Crippen molar-refractivity contribution in [1.29, 1.82) is 0 Å². The van der Waals surface area contributed by atoms with Crippen LogP contribution in [0.2, 0.25) is 0 Å². The van der Waals surface area contributed by atoms with Crippen molar-refractivity contribution in [2.75, 3.05) is 18.0 Å². The van der Waals surface area contributed by atoms with Crippen LogP contribution in [-0.4, -0.2) is 49.9 Å². The van der Waals surface area contributed by atoms with Gasteiger partial charge in [0.05, 0.1) is 6.04 Å². The molecule has 1 saturated heterocycles. The van der Waals surface area contributed by atoms with Crippen LogP contribution in [0.25, 0.3) is 0 Å². The molecule has 172 valence electrons. The molecular formula is C23H32N6O3. The summed E-state index contributed by atoms with van der Waals surface area (Å²) in [6.45, 7) is 9.27. The van der Waals surface area contributed by atoms with Crippen LogP contribution in [0, 0.1) is 19.8 Å². The Morgan fingerprint density at radius 3 is 2.69 bits per heavy atom. The van der Waals surface area contributed by atoms with E-state index >= 15 is 0 Å². The van der Waals surface area contributed by atoms with Gasteiger partial charge in [-0.15, -0.1) is 0 Å². The number of amides is 2. The summed E-state index contributed by atoms with van der Waals surface area (Å²) in [6.07, 6.45) is 4.69. The van der Waals surface area contributed by atoms with Crippen LogP contribution in [-0.2, 0) is 22.4 Å². The number of rotatable bonds is 6. The highest BCUT2D eigenvalue weighted by molar-refractivity contribution is 5.95. The van der Waals surface area contributed by atoms with E-state index in [1.807, 2.05) is 16.7 Å². The van der Waals surface area contributed by atoms with Gasteiger partial charge >= 0.3 is 0 Å². The molecule has 2 aliphatic heterocycles. The number of hydrogen-bond acceptors (Lipinski definition) is 7. The zero-order chi connectivity index (χ0) is 22.8. The molecule has 2 aromatic rings. The van der Waals surface area contributed by atoms with E-state index in [1.54, 1.807) is 6.92 Å². The minimum absolute atomic E-state index is 0.0413. The molecular weight excluding hydrogens is 408 g/mol. The Morgan fingerprint density at radius 2 is 1.97 bits per heavy atom. The average molecular weight is 441 g/mol. The highest BCUT2D eigenvalue weighted by Gasteiger charge is 2.34. The van der Waals surface area contributed by atoms with Crippen molar-refractivity contribution in [3.63, 3.8) is 0 Å². The van der Waals surface area contributed by atoms with Gasteiger partial charge in [0, 0.05) is 43.6 Å². The molecule has 2 aliphatic rings. The first-order valence-corrected chi connectivity index (χ1v) is 11.6. The van der Waals surface area contributed by atoms with Crippen LogP contribution < -0.4 is 4.90 Å². The largest absolute Gasteiger partial charge is 0.339 e. The van der Waals surface area contributed by atoms with Gasteiger partial charge in [-0.3, -0.25) is 14.5 Å². The fourth-order valence-corrected chi connectivity index (χ4v) is 4.60. The maximum Gasteiger partial charge on any atom is 0.228 e. The van der Waals surface area contributed by atoms with Gasteiger partial charge in [-0.05, 0) is 45.4 Å². The molecule has 4 rings (SSSR count). The number of nitrogens with zero attached hydrogens (tertiary/aromatic N) is 6. The third kappa shape index (κ3) is 4.66. The highest BCUT2D eigenvalue weighted by atomic mass is 16.5. The fraction of sp³-hybridized carbons (Fsp3) is 0.652. The van der Waals surface area contributed by atoms with Gasteiger partial charge in [0.25, 0.3) is 0 Å². The molecule has 1 fully saturated rings. The predicted molar refractivity (Wildman–Crippen MR) is 118 cm³/mol. The number of piperidine rings is 1. The van der Waals surface area contributed by atoms with Gasteiger partial charge in [0.2, 0.25) is 17.7 Å². The number of likely N-dealkylation sites (tertiary alicyclic amines) is 1. The van der Waals surface area contributed by atoms with Crippen LogP contribution in [0.3, 0.4) is 0 Å². The third-order valence-corrected chi connectivity index (χ3v) is 6.15. The molecule has 4 heterocycles. The van der Waals surface area contributed by atoms with Crippen LogP contribution in [0.4, 0.5) is 5.82 Å². The van der Waals surface area contributed by atoms with E-state index in [-0.39, 0.29) is 17.9 Å². The van der Waals surface area contributed by atoms with Crippen LogP contribution in [0.1, 0.15) is 80.8 Å². The molecule has 0 spiro atoms. The lowest BCUT2D eigenvalue weighted by atomic mass is 9.98. The number of carbonyl (C=O) groups excluding carboxylic acids is 2. The van der Waals surface area contributed by atoms with E-state index in [4.69, 9.17) is 14.5 Å². The standard InChI is InChI=1S/C23H32N6O3/c1-14(2)13-29-21(31)10-8-17-15(3)24-22(26-23(17)29)18-7-5-6-12-28(18)20(30)11-9-19-25-16(4)27-32-19/h14,18H,5-13H2,1-4H3/t18-/m0/s1. The van der Waals surface area contributed by atoms with Gasteiger partial charge in [-0.2, -0.15) is 4.98 Å². The number of anilines is 1. The number of hydrogen-bond donors (Lipinski definition) is 0. The molecule has 0 aromatic carbocycles. The number of aromatic nitrogens is 4. The second-order valence-corrected chi connectivity index (χ2v) is 9.20. The van der Waals surface area contributed by atoms with Crippen molar-refractivity contribution in [3.05, 3.63) is 28.8 Å². The van der Waals surface area contributed by atoms with Crippen molar-refractivity contribution >= 4 is 17.6 Å². The minimum Gasteiger partial charge on any atom is -0.339 e. The Hall–Kier alpha value is -2.84. The van der Waals surface area contributed by atoms with Crippen molar-refractivity contribution in [1.82, 2.24) is 25.0 Å². The summed E-state index contributed by atoms with van der Waals surface area (Å²) in [6, 6.07) is -0.178. The zero-order valence-electron chi connectivity index (χ0n) is 19.4. The topological polar surface area (TPSA) is 105 Å². The molecule has 0 radical (unpaired) electrons. The summed E-state index contributed by atoms with van der Waals surface area (Å²) in [4.78, 5) is 43.4.